The molecular weight excluding hydrogens is 227 g/mol. The van der Waals surface area contributed by atoms with E-state index >= 15 is 0 Å². The van der Waals surface area contributed by atoms with Crippen LogP contribution in [0.2, 0.25) is 0 Å². The van der Waals surface area contributed by atoms with Crippen molar-refractivity contribution in [3.05, 3.63) is 29.8 Å². The van der Waals surface area contributed by atoms with Crippen LogP contribution in [0.15, 0.2) is 24.3 Å². The highest BCUT2D eigenvalue weighted by Crippen LogP contribution is 2.33. The first-order valence-corrected chi connectivity index (χ1v) is 4.16. The molecule has 4 nitrogen and oxygen atoms in total. The fourth-order valence-corrected chi connectivity index (χ4v) is 1.14. The fraction of sp³-hybridized carbons (Fsp3) is 0.222. The summed E-state index contributed by atoms with van der Waals surface area (Å²) in [5.41, 5.74) is -0.285. The lowest BCUT2D eigenvalue weighted by Gasteiger charge is -2.20. The maximum absolute atomic E-state index is 12.5. The molecule has 0 saturated carbocycles. The lowest BCUT2D eigenvalue weighted by Crippen LogP contribution is -2.37. The van der Waals surface area contributed by atoms with Gasteiger partial charge in [0.25, 0.3) is 0 Å². The minimum absolute atomic E-state index is 0.194. The molecule has 88 valence electrons. The Balaban J connectivity index is 3.01. The van der Waals surface area contributed by atoms with Gasteiger partial charge in [0.2, 0.25) is 0 Å². The van der Waals surface area contributed by atoms with Crippen molar-refractivity contribution in [1.29, 1.82) is 0 Å². The van der Waals surface area contributed by atoms with Gasteiger partial charge in [-0.15, -0.1) is 0 Å². The van der Waals surface area contributed by atoms with Crippen LogP contribution in [0.25, 0.3) is 0 Å². The number of alkyl halides is 3. The van der Waals surface area contributed by atoms with E-state index in [1.165, 1.54) is 5.32 Å². The Labute approximate surface area is 88.3 Å². The predicted octanol–water partition coefficient (Wildman–Crippen LogP) is 2.26. The van der Waals surface area contributed by atoms with Gasteiger partial charge in [0.15, 0.2) is 6.04 Å². The molecule has 0 saturated heterocycles. The number of nitrogens with one attached hydrogen (secondary N) is 1. The molecule has 0 fully saturated rings. The van der Waals surface area contributed by atoms with Crippen molar-refractivity contribution >= 4 is 6.09 Å². The van der Waals surface area contributed by atoms with Crippen LogP contribution in [0.1, 0.15) is 11.6 Å². The van der Waals surface area contributed by atoms with Gasteiger partial charge in [-0.25, -0.2) is 4.79 Å². The third-order valence-corrected chi connectivity index (χ3v) is 1.82. The molecule has 1 rings (SSSR count). The number of phenols is 1. The van der Waals surface area contributed by atoms with E-state index in [0.29, 0.717) is 0 Å². The summed E-state index contributed by atoms with van der Waals surface area (Å²) < 4.78 is 37.4. The van der Waals surface area contributed by atoms with Crippen LogP contribution < -0.4 is 5.32 Å². The molecule has 16 heavy (non-hydrogen) atoms. The van der Waals surface area contributed by atoms with Crippen LogP contribution in [0, 0.1) is 0 Å². The molecule has 0 unspecified atom stereocenters. The summed E-state index contributed by atoms with van der Waals surface area (Å²) in [5.74, 6) is -0.194. The van der Waals surface area contributed by atoms with Gasteiger partial charge in [-0.3, -0.25) is 0 Å². The maximum Gasteiger partial charge on any atom is 0.412 e. The average Bonchev–Trinajstić information content (AvgIpc) is 2.14. The zero-order chi connectivity index (χ0) is 12.3. The van der Waals surface area contributed by atoms with Crippen molar-refractivity contribution in [3.8, 4) is 5.75 Å². The maximum atomic E-state index is 12.5. The average molecular weight is 235 g/mol. The van der Waals surface area contributed by atoms with Crippen LogP contribution in [-0.4, -0.2) is 22.5 Å². The number of amides is 1. The quantitative estimate of drug-likeness (QED) is 0.736. The van der Waals surface area contributed by atoms with E-state index in [4.69, 9.17) is 10.2 Å². The van der Waals surface area contributed by atoms with Gasteiger partial charge in [-0.05, 0) is 17.7 Å². The number of carboxylic acid groups (broad SMARTS) is 1. The Kier molecular flexibility index (Phi) is 3.26. The second-order valence-electron chi connectivity index (χ2n) is 3.02. The van der Waals surface area contributed by atoms with Crippen LogP contribution in [0.5, 0.6) is 5.75 Å². The first kappa shape index (κ1) is 12.2. The highest BCUT2D eigenvalue weighted by molar-refractivity contribution is 5.65. The molecule has 0 aliphatic rings. The number of carbonyl (C=O) groups is 1. The number of rotatable bonds is 2. The third-order valence-electron chi connectivity index (χ3n) is 1.82. The Hall–Kier alpha value is -1.92. The molecule has 7 heteroatoms. The van der Waals surface area contributed by atoms with Crippen molar-refractivity contribution in [3.63, 3.8) is 0 Å². The summed E-state index contributed by atoms with van der Waals surface area (Å²) in [6.07, 6.45) is -6.49. The van der Waals surface area contributed by atoms with Gasteiger partial charge >= 0.3 is 12.3 Å². The Morgan fingerprint density at radius 2 is 1.75 bits per heavy atom. The van der Waals surface area contributed by atoms with Crippen LogP contribution in [-0.2, 0) is 0 Å². The fourth-order valence-electron chi connectivity index (χ4n) is 1.14. The van der Waals surface area contributed by atoms with Crippen molar-refractivity contribution in [2.45, 2.75) is 12.2 Å². The molecule has 1 aromatic rings. The molecule has 0 heterocycles. The summed E-state index contributed by atoms with van der Waals surface area (Å²) in [4.78, 5) is 10.2. The summed E-state index contributed by atoms with van der Waals surface area (Å²) >= 11 is 0. The smallest absolute Gasteiger partial charge is 0.412 e. The molecule has 0 aliphatic heterocycles. The zero-order valence-corrected chi connectivity index (χ0v) is 7.82. The Bertz CT molecular complexity index is 375. The van der Waals surface area contributed by atoms with Crippen molar-refractivity contribution < 1.29 is 28.2 Å². The Morgan fingerprint density at radius 3 is 2.12 bits per heavy atom. The van der Waals surface area contributed by atoms with E-state index < -0.39 is 18.3 Å². The van der Waals surface area contributed by atoms with E-state index in [2.05, 4.69) is 0 Å². The van der Waals surface area contributed by atoms with E-state index in [1.807, 2.05) is 0 Å². The van der Waals surface area contributed by atoms with Crippen molar-refractivity contribution in [2.24, 2.45) is 0 Å². The molecule has 0 radical (unpaired) electrons. The van der Waals surface area contributed by atoms with Gasteiger partial charge in [-0.2, -0.15) is 13.2 Å². The van der Waals surface area contributed by atoms with E-state index in [-0.39, 0.29) is 11.3 Å². The standard InChI is InChI=1S/C9H8F3NO3/c10-9(11,12)7(13-8(15)16)5-1-3-6(14)4-2-5/h1-4,7,13-14H,(H,15,16)/t7-/m1/s1. The first-order valence-electron chi connectivity index (χ1n) is 4.16. The molecule has 0 aliphatic carbocycles. The molecule has 1 atom stereocenters. The van der Waals surface area contributed by atoms with Gasteiger partial charge in [0, 0.05) is 0 Å². The Morgan fingerprint density at radius 1 is 1.25 bits per heavy atom. The van der Waals surface area contributed by atoms with Crippen LogP contribution in [0.4, 0.5) is 18.0 Å². The van der Waals surface area contributed by atoms with Crippen LogP contribution >= 0.6 is 0 Å². The minimum Gasteiger partial charge on any atom is -0.508 e. The lowest BCUT2D eigenvalue weighted by molar-refractivity contribution is -0.155. The highest BCUT2D eigenvalue weighted by Gasteiger charge is 2.41. The van der Waals surface area contributed by atoms with Gasteiger partial charge in [0.1, 0.15) is 5.75 Å². The van der Waals surface area contributed by atoms with Crippen LogP contribution in [0.3, 0.4) is 0 Å². The monoisotopic (exact) mass is 235 g/mol. The highest BCUT2D eigenvalue weighted by atomic mass is 19.4. The third kappa shape index (κ3) is 3.04. The SMILES string of the molecule is O=C(O)N[C@H](c1ccc(O)cc1)C(F)(F)F. The molecule has 1 amide bonds. The number of hydrogen-bond donors (Lipinski definition) is 3. The summed E-state index contributed by atoms with van der Waals surface area (Å²) in [7, 11) is 0. The molecule has 0 aromatic heterocycles. The zero-order valence-electron chi connectivity index (χ0n) is 7.82. The predicted molar refractivity (Wildman–Crippen MR) is 48.1 cm³/mol. The van der Waals surface area contributed by atoms with Crippen molar-refractivity contribution in [1.82, 2.24) is 5.32 Å². The number of benzene rings is 1. The molecule has 3 N–H and O–H groups in total. The summed E-state index contributed by atoms with van der Waals surface area (Å²) in [6, 6.07) is 1.81. The van der Waals surface area contributed by atoms with Gasteiger partial charge in [-0.1, -0.05) is 12.1 Å². The molecule has 0 bridgehead atoms. The lowest BCUT2D eigenvalue weighted by atomic mass is 10.1. The van der Waals surface area contributed by atoms with E-state index in [1.54, 1.807) is 0 Å². The second-order valence-corrected chi connectivity index (χ2v) is 3.02. The summed E-state index contributed by atoms with van der Waals surface area (Å²) in [6.45, 7) is 0. The molecule has 1 aromatic carbocycles. The number of aromatic hydroxyl groups is 1. The normalized spacial score (nSPS) is 13.2. The largest absolute Gasteiger partial charge is 0.508 e. The topological polar surface area (TPSA) is 69.6 Å². The van der Waals surface area contributed by atoms with Gasteiger partial charge < -0.3 is 15.5 Å². The summed E-state index contributed by atoms with van der Waals surface area (Å²) in [5, 5.41) is 18.6. The first-order chi connectivity index (χ1) is 7.30. The second kappa shape index (κ2) is 4.30. The van der Waals surface area contributed by atoms with Crippen molar-refractivity contribution in [2.75, 3.05) is 0 Å². The number of halogens is 3. The van der Waals surface area contributed by atoms with E-state index in [9.17, 15) is 18.0 Å². The molecule has 0 spiro atoms. The molecular formula is C9H8F3NO3. The number of hydrogen-bond acceptors (Lipinski definition) is 2. The van der Waals surface area contributed by atoms with E-state index in [0.717, 1.165) is 24.3 Å². The van der Waals surface area contributed by atoms with Gasteiger partial charge in [0.05, 0.1) is 0 Å². The minimum atomic E-state index is -4.73. The number of phenolic OH excluding ortho intramolecular Hbond substituents is 1.